The van der Waals surface area contributed by atoms with Crippen LogP contribution in [0.4, 0.5) is 4.39 Å². The lowest BCUT2D eigenvalue weighted by atomic mass is 9.99. The summed E-state index contributed by atoms with van der Waals surface area (Å²) in [5.41, 5.74) is 3.51. The van der Waals surface area contributed by atoms with Gasteiger partial charge >= 0.3 is 0 Å². The topological polar surface area (TPSA) is 47.3 Å². The van der Waals surface area contributed by atoms with Crippen molar-refractivity contribution in [3.8, 4) is 0 Å². The summed E-state index contributed by atoms with van der Waals surface area (Å²) < 4.78 is 19.0. The minimum atomic E-state index is -0.286. The average Bonchev–Trinajstić information content (AvgIpc) is 2.77. The van der Waals surface area contributed by atoms with Gasteiger partial charge in [0.05, 0.1) is 18.2 Å². The lowest BCUT2D eigenvalue weighted by Gasteiger charge is -2.23. The highest BCUT2D eigenvalue weighted by atomic mass is 35.5. The van der Waals surface area contributed by atoms with Crippen LogP contribution in [0.3, 0.4) is 0 Å². The third-order valence-electron chi connectivity index (χ3n) is 3.38. The van der Waals surface area contributed by atoms with Crippen LogP contribution in [-0.4, -0.2) is 18.2 Å². The van der Waals surface area contributed by atoms with E-state index in [1.54, 1.807) is 6.07 Å². The van der Waals surface area contributed by atoms with Crippen LogP contribution in [0.5, 0.6) is 0 Å². The number of nitrogens with two attached hydrogens (primary N) is 1. The maximum atomic E-state index is 13.2. The van der Waals surface area contributed by atoms with Crippen LogP contribution in [-0.2, 0) is 11.2 Å². The summed E-state index contributed by atoms with van der Waals surface area (Å²) in [7, 11) is 0. The van der Waals surface area contributed by atoms with Crippen LogP contribution >= 0.6 is 11.6 Å². The Bertz CT molecular complexity index is 416. The molecule has 100 valence electrons. The Balaban J connectivity index is 2.08. The molecule has 0 aliphatic carbocycles. The number of hydrazine groups is 1. The van der Waals surface area contributed by atoms with Crippen LogP contribution in [0.2, 0.25) is 5.02 Å². The van der Waals surface area contributed by atoms with Crippen molar-refractivity contribution >= 4 is 11.6 Å². The zero-order valence-corrected chi connectivity index (χ0v) is 11.1. The Morgan fingerprint density at radius 3 is 2.94 bits per heavy atom. The molecule has 1 fully saturated rings. The van der Waals surface area contributed by atoms with Gasteiger partial charge < -0.3 is 4.74 Å². The van der Waals surface area contributed by atoms with Gasteiger partial charge in [-0.2, -0.15) is 0 Å². The zero-order chi connectivity index (χ0) is 13.1. The predicted octanol–water partition coefficient (Wildman–Crippen LogP) is 2.42. The second-order valence-corrected chi connectivity index (χ2v) is 5.18. The number of halogens is 2. The van der Waals surface area contributed by atoms with E-state index in [0.29, 0.717) is 11.4 Å². The fourth-order valence-corrected chi connectivity index (χ4v) is 2.56. The number of rotatable bonds is 4. The highest BCUT2D eigenvalue weighted by molar-refractivity contribution is 6.31. The molecule has 3 nitrogen and oxygen atoms in total. The molecule has 3 unspecified atom stereocenters. The van der Waals surface area contributed by atoms with Gasteiger partial charge in [0.1, 0.15) is 5.82 Å². The van der Waals surface area contributed by atoms with Gasteiger partial charge in [-0.3, -0.25) is 11.3 Å². The van der Waals surface area contributed by atoms with Gasteiger partial charge in [-0.1, -0.05) is 11.6 Å². The van der Waals surface area contributed by atoms with Gasteiger partial charge in [0.25, 0.3) is 0 Å². The molecule has 0 bridgehead atoms. The fourth-order valence-electron chi connectivity index (χ4n) is 2.36. The number of ether oxygens (including phenoxy) is 1. The first-order chi connectivity index (χ1) is 8.60. The molecule has 0 aromatic heterocycles. The van der Waals surface area contributed by atoms with E-state index >= 15 is 0 Å². The molecule has 0 saturated carbocycles. The van der Waals surface area contributed by atoms with Crippen molar-refractivity contribution in [1.82, 2.24) is 5.43 Å². The summed E-state index contributed by atoms with van der Waals surface area (Å²) >= 11 is 6.06. The SMILES string of the molecule is CC1CCC(C(Cc2cc(F)ccc2Cl)NN)O1. The molecule has 2 rings (SSSR count). The van der Waals surface area contributed by atoms with E-state index in [-0.39, 0.29) is 24.1 Å². The van der Waals surface area contributed by atoms with Crippen molar-refractivity contribution in [3.63, 3.8) is 0 Å². The predicted molar refractivity (Wildman–Crippen MR) is 69.8 cm³/mol. The minimum Gasteiger partial charge on any atom is -0.374 e. The van der Waals surface area contributed by atoms with Crippen molar-refractivity contribution in [3.05, 3.63) is 34.6 Å². The molecule has 1 aromatic carbocycles. The molecular weight excluding hydrogens is 255 g/mol. The van der Waals surface area contributed by atoms with E-state index in [2.05, 4.69) is 5.43 Å². The lowest BCUT2D eigenvalue weighted by molar-refractivity contribution is 0.0320. The third-order valence-corrected chi connectivity index (χ3v) is 3.74. The van der Waals surface area contributed by atoms with Gasteiger partial charge in [-0.05, 0) is 49.9 Å². The molecule has 1 saturated heterocycles. The number of benzene rings is 1. The van der Waals surface area contributed by atoms with Gasteiger partial charge in [-0.25, -0.2) is 4.39 Å². The Morgan fingerprint density at radius 1 is 1.56 bits per heavy atom. The van der Waals surface area contributed by atoms with Crippen LogP contribution in [0.15, 0.2) is 18.2 Å². The van der Waals surface area contributed by atoms with E-state index in [9.17, 15) is 4.39 Å². The number of hydrogen-bond acceptors (Lipinski definition) is 3. The molecular formula is C13H18ClFN2O. The molecule has 1 aliphatic heterocycles. The zero-order valence-electron chi connectivity index (χ0n) is 10.3. The molecule has 1 aliphatic rings. The van der Waals surface area contributed by atoms with E-state index in [1.807, 2.05) is 6.92 Å². The van der Waals surface area contributed by atoms with Gasteiger partial charge in [0.2, 0.25) is 0 Å². The molecule has 0 amide bonds. The lowest BCUT2D eigenvalue weighted by Crippen LogP contribution is -2.45. The largest absolute Gasteiger partial charge is 0.374 e. The van der Waals surface area contributed by atoms with E-state index < -0.39 is 0 Å². The normalized spacial score (nSPS) is 25.3. The fraction of sp³-hybridized carbons (Fsp3) is 0.538. The Labute approximate surface area is 111 Å². The molecule has 5 heteroatoms. The summed E-state index contributed by atoms with van der Waals surface area (Å²) in [5.74, 6) is 5.28. The third kappa shape index (κ3) is 3.20. The van der Waals surface area contributed by atoms with Gasteiger partial charge in [-0.15, -0.1) is 0 Å². The summed E-state index contributed by atoms with van der Waals surface area (Å²) in [4.78, 5) is 0. The highest BCUT2D eigenvalue weighted by Gasteiger charge is 2.29. The summed E-state index contributed by atoms with van der Waals surface area (Å²) in [6.07, 6.45) is 2.87. The monoisotopic (exact) mass is 272 g/mol. The van der Waals surface area contributed by atoms with Gasteiger partial charge in [0.15, 0.2) is 0 Å². The van der Waals surface area contributed by atoms with Crippen molar-refractivity contribution < 1.29 is 9.13 Å². The minimum absolute atomic E-state index is 0.0470. The van der Waals surface area contributed by atoms with Crippen LogP contribution in [0, 0.1) is 5.82 Å². The second-order valence-electron chi connectivity index (χ2n) is 4.78. The second kappa shape index (κ2) is 5.97. The van der Waals surface area contributed by atoms with Crippen LogP contribution in [0.1, 0.15) is 25.3 Å². The molecule has 1 heterocycles. The summed E-state index contributed by atoms with van der Waals surface area (Å²) in [6.45, 7) is 2.04. The Hall–Kier alpha value is -0.680. The Kier molecular flexibility index (Phi) is 4.56. The molecule has 18 heavy (non-hydrogen) atoms. The average molecular weight is 273 g/mol. The Morgan fingerprint density at radius 2 is 2.33 bits per heavy atom. The molecule has 3 atom stereocenters. The van der Waals surface area contributed by atoms with Gasteiger partial charge in [0, 0.05) is 5.02 Å². The summed E-state index contributed by atoms with van der Waals surface area (Å²) in [5, 5.41) is 0.558. The van der Waals surface area contributed by atoms with Crippen LogP contribution in [0.25, 0.3) is 0 Å². The first kappa shape index (κ1) is 13.7. The molecule has 0 radical (unpaired) electrons. The molecule has 0 spiro atoms. The number of hydrogen-bond donors (Lipinski definition) is 2. The first-order valence-corrected chi connectivity index (χ1v) is 6.53. The molecule has 1 aromatic rings. The van der Waals surface area contributed by atoms with E-state index in [0.717, 1.165) is 18.4 Å². The van der Waals surface area contributed by atoms with Crippen molar-refractivity contribution in [2.45, 2.75) is 44.4 Å². The van der Waals surface area contributed by atoms with E-state index in [1.165, 1.54) is 12.1 Å². The van der Waals surface area contributed by atoms with Crippen molar-refractivity contribution in [2.75, 3.05) is 0 Å². The quantitative estimate of drug-likeness (QED) is 0.654. The highest BCUT2D eigenvalue weighted by Crippen LogP contribution is 2.25. The van der Waals surface area contributed by atoms with Crippen LogP contribution < -0.4 is 11.3 Å². The first-order valence-electron chi connectivity index (χ1n) is 6.15. The van der Waals surface area contributed by atoms with Crippen molar-refractivity contribution in [2.24, 2.45) is 5.84 Å². The maximum Gasteiger partial charge on any atom is 0.123 e. The maximum absolute atomic E-state index is 13.2. The number of nitrogens with one attached hydrogen (secondary N) is 1. The van der Waals surface area contributed by atoms with Crippen molar-refractivity contribution in [1.29, 1.82) is 0 Å². The smallest absolute Gasteiger partial charge is 0.123 e. The molecule has 3 N–H and O–H groups in total. The summed E-state index contributed by atoms with van der Waals surface area (Å²) in [6, 6.07) is 4.32. The van der Waals surface area contributed by atoms with E-state index in [4.69, 9.17) is 22.2 Å². The standard InChI is InChI=1S/C13H18ClFN2O/c1-8-2-5-13(18-8)12(17-16)7-9-6-10(15)3-4-11(9)14/h3-4,6,8,12-13,17H,2,5,7,16H2,1H3.